The second kappa shape index (κ2) is 13.6. The van der Waals surface area contributed by atoms with Crippen molar-refractivity contribution in [1.29, 1.82) is 0 Å². The molecule has 0 N–H and O–H groups in total. The van der Waals surface area contributed by atoms with Gasteiger partial charge in [0.15, 0.2) is 0 Å². The zero-order chi connectivity index (χ0) is 16.0. The molecule has 0 saturated heterocycles. The van der Waals surface area contributed by atoms with E-state index in [-0.39, 0.29) is 0 Å². The molecule has 0 saturated carbocycles. The second-order valence-corrected chi connectivity index (χ2v) is 11.6. The molecule has 21 heavy (non-hydrogen) atoms. The minimum atomic E-state index is -2.44. The molecule has 0 radical (unpaired) electrons. The summed E-state index contributed by atoms with van der Waals surface area (Å²) in [5.41, 5.74) is 0. The zero-order valence-corrected chi connectivity index (χ0v) is 16.8. The van der Waals surface area contributed by atoms with Crippen molar-refractivity contribution < 1.29 is 13.3 Å². The summed E-state index contributed by atoms with van der Waals surface area (Å²) in [6.07, 6.45) is 5.32. The van der Waals surface area contributed by atoms with Crippen LogP contribution < -0.4 is 0 Å². The van der Waals surface area contributed by atoms with E-state index < -0.39 is 17.6 Å². The van der Waals surface area contributed by atoms with Crippen molar-refractivity contribution in [1.82, 2.24) is 0 Å². The van der Waals surface area contributed by atoms with Crippen molar-refractivity contribution in [2.45, 2.75) is 65.2 Å². The average Bonchev–Trinajstić information content (AvgIpc) is 2.42. The van der Waals surface area contributed by atoms with E-state index in [0.29, 0.717) is 19.8 Å². The molecule has 0 aromatic rings. The molecule has 0 atom stereocenters. The van der Waals surface area contributed by atoms with Gasteiger partial charge in [0.1, 0.15) is 0 Å². The van der Waals surface area contributed by atoms with Crippen molar-refractivity contribution in [2.24, 2.45) is 4.99 Å². The molecule has 0 aliphatic carbocycles. The van der Waals surface area contributed by atoms with Crippen LogP contribution in [-0.4, -0.2) is 50.2 Å². The molecule has 126 valence electrons. The summed E-state index contributed by atoms with van der Waals surface area (Å²) in [5, 5.41) is 0. The van der Waals surface area contributed by atoms with Gasteiger partial charge in [-0.05, 0) is 46.2 Å². The molecule has 0 heterocycles. The van der Waals surface area contributed by atoms with Gasteiger partial charge in [-0.25, -0.2) is 0 Å². The first-order valence-corrected chi connectivity index (χ1v) is 13.6. The number of unbranched alkanes of at least 4 members (excludes halogenated alkanes) is 1. The van der Waals surface area contributed by atoms with Crippen LogP contribution in [0.2, 0.25) is 25.2 Å². The van der Waals surface area contributed by atoms with Crippen molar-refractivity contribution in [3.05, 3.63) is 0 Å². The third-order valence-corrected chi connectivity index (χ3v) is 7.82. The summed E-state index contributed by atoms with van der Waals surface area (Å²) in [7, 11) is -2.84. The second-order valence-electron chi connectivity index (χ2n) is 5.50. The standard InChI is InChI=1S/C15H35NO3Si2/c1-6-17-21(18-7-2,19-8-3)15-10-9-12-16-13-11-14-20(4)5/h12,20H,6-11,13-15H2,1-5H3. The number of nitrogens with zero attached hydrogens (tertiary/aromatic N) is 1. The van der Waals surface area contributed by atoms with E-state index in [2.05, 4.69) is 24.3 Å². The molecule has 0 amide bonds. The summed E-state index contributed by atoms with van der Waals surface area (Å²) < 4.78 is 17.5. The highest BCUT2D eigenvalue weighted by Crippen LogP contribution is 2.18. The van der Waals surface area contributed by atoms with Gasteiger partial charge in [-0.1, -0.05) is 19.1 Å². The highest BCUT2D eigenvalue weighted by molar-refractivity contribution is 6.60. The van der Waals surface area contributed by atoms with Gasteiger partial charge in [-0.3, -0.25) is 4.99 Å². The number of rotatable bonds is 14. The molecule has 6 heteroatoms. The maximum atomic E-state index is 5.84. The van der Waals surface area contributed by atoms with E-state index in [1.807, 2.05) is 20.8 Å². The Bertz CT molecular complexity index is 246. The van der Waals surface area contributed by atoms with Gasteiger partial charge in [0.2, 0.25) is 0 Å². The predicted octanol–water partition coefficient (Wildman–Crippen LogP) is 3.76. The summed E-state index contributed by atoms with van der Waals surface area (Å²) >= 11 is 0. The third-order valence-electron chi connectivity index (χ3n) is 3.11. The van der Waals surface area contributed by atoms with E-state index in [1.165, 1.54) is 12.5 Å². The van der Waals surface area contributed by atoms with Crippen LogP contribution in [-0.2, 0) is 13.3 Å². The van der Waals surface area contributed by atoms with E-state index in [1.54, 1.807) is 0 Å². The molecule has 0 bridgehead atoms. The Morgan fingerprint density at radius 1 is 0.952 bits per heavy atom. The van der Waals surface area contributed by atoms with E-state index in [9.17, 15) is 0 Å². The lowest BCUT2D eigenvalue weighted by molar-refractivity contribution is 0.0710. The molecule has 0 aliphatic heterocycles. The number of aliphatic imine (C=N–C) groups is 1. The van der Waals surface area contributed by atoms with Crippen molar-refractivity contribution in [3.8, 4) is 0 Å². The van der Waals surface area contributed by atoms with Gasteiger partial charge in [-0.2, -0.15) is 0 Å². The van der Waals surface area contributed by atoms with Gasteiger partial charge < -0.3 is 13.3 Å². The first-order chi connectivity index (χ1) is 10.1. The summed E-state index contributed by atoms with van der Waals surface area (Å²) in [5.74, 6) is 0. The van der Waals surface area contributed by atoms with Crippen LogP contribution in [0.1, 0.15) is 40.0 Å². The van der Waals surface area contributed by atoms with Crippen LogP contribution >= 0.6 is 0 Å². The average molecular weight is 334 g/mol. The van der Waals surface area contributed by atoms with Crippen LogP contribution in [0.3, 0.4) is 0 Å². The van der Waals surface area contributed by atoms with Gasteiger partial charge in [-0.15, -0.1) is 0 Å². The lowest BCUT2D eigenvalue weighted by atomic mass is 10.4. The van der Waals surface area contributed by atoms with Crippen molar-refractivity contribution >= 4 is 23.8 Å². The topological polar surface area (TPSA) is 40.0 Å². The fraction of sp³-hybridized carbons (Fsp3) is 0.933. The van der Waals surface area contributed by atoms with E-state index in [0.717, 1.165) is 25.4 Å². The molecule has 0 fully saturated rings. The minimum Gasteiger partial charge on any atom is -0.374 e. The molecular weight excluding hydrogens is 298 g/mol. The third kappa shape index (κ3) is 11.2. The van der Waals surface area contributed by atoms with Crippen LogP contribution in [0.15, 0.2) is 4.99 Å². The van der Waals surface area contributed by atoms with Crippen LogP contribution in [0.5, 0.6) is 0 Å². The van der Waals surface area contributed by atoms with E-state index in [4.69, 9.17) is 13.3 Å². The minimum absolute atomic E-state index is 0.400. The smallest absolute Gasteiger partial charge is 0.374 e. The lowest BCUT2D eigenvalue weighted by Crippen LogP contribution is -2.45. The summed E-state index contributed by atoms with van der Waals surface area (Å²) in [4.78, 5) is 4.49. The molecule has 0 aliphatic rings. The number of hydrogen-bond acceptors (Lipinski definition) is 4. The molecule has 4 nitrogen and oxygen atoms in total. The Labute approximate surface area is 134 Å². The maximum Gasteiger partial charge on any atom is 0.500 e. The van der Waals surface area contributed by atoms with Crippen molar-refractivity contribution in [3.63, 3.8) is 0 Å². The Hall–Kier alpha value is -0.0162. The predicted molar refractivity (Wildman–Crippen MR) is 96.3 cm³/mol. The number of hydrogen-bond donors (Lipinski definition) is 0. The normalized spacial score (nSPS) is 12.7. The first kappa shape index (κ1) is 21.0. The fourth-order valence-corrected chi connectivity index (χ4v) is 5.82. The molecule has 0 aromatic carbocycles. The quantitative estimate of drug-likeness (QED) is 0.276. The first-order valence-electron chi connectivity index (χ1n) is 8.50. The SMILES string of the molecule is CCO[Si](CCCC=NCCC[SiH](C)C)(OCC)OCC. The van der Waals surface area contributed by atoms with Crippen molar-refractivity contribution in [2.75, 3.05) is 26.4 Å². The zero-order valence-electron chi connectivity index (χ0n) is 14.7. The Balaban J connectivity index is 3.98. The van der Waals surface area contributed by atoms with Crippen LogP contribution in [0, 0.1) is 0 Å². The molecule has 0 aromatic heterocycles. The Kier molecular flexibility index (Phi) is 13.6. The largest absolute Gasteiger partial charge is 0.500 e. The van der Waals surface area contributed by atoms with Crippen LogP contribution in [0.25, 0.3) is 0 Å². The molecule has 0 unspecified atom stereocenters. The molecule has 0 spiro atoms. The maximum absolute atomic E-state index is 5.84. The van der Waals surface area contributed by atoms with Gasteiger partial charge in [0, 0.05) is 41.2 Å². The Morgan fingerprint density at radius 2 is 1.52 bits per heavy atom. The van der Waals surface area contributed by atoms with Gasteiger partial charge in [0.25, 0.3) is 0 Å². The van der Waals surface area contributed by atoms with E-state index >= 15 is 0 Å². The molecular formula is C15H35NO3Si2. The highest BCUT2D eigenvalue weighted by Gasteiger charge is 2.39. The molecule has 0 rings (SSSR count). The Morgan fingerprint density at radius 3 is 2.00 bits per heavy atom. The summed E-state index contributed by atoms with van der Waals surface area (Å²) in [6, 6.07) is 2.28. The van der Waals surface area contributed by atoms with Crippen LogP contribution in [0.4, 0.5) is 0 Å². The summed E-state index contributed by atoms with van der Waals surface area (Å²) in [6.45, 7) is 13.7. The van der Waals surface area contributed by atoms with Gasteiger partial charge in [0.05, 0.1) is 0 Å². The lowest BCUT2D eigenvalue weighted by Gasteiger charge is -2.28. The highest BCUT2D eigenvalue weighted by atomic mass is 28.4. The van der Waals surface area contributed by atoms with Gasteiger partial charge >= 0.3 is 8.80 Å². The fourth-order valence-electron chi connectivity index (χ4n) is 2.18. The monoisotopic (exact) mass is 333 g/mol.